The second kappa shape index (κ2) is 5.66. The molecule has 0 aliphatic carbocycles. The highest BCUT2D eigenvalue weighted by atomic mass is 16.4. The smallest absolute Gasteiger partial charge is 0.320 e. The zero-order valence-electron chi connectivity index (χ0n) is 10.0. The number of nitrogens with one attached hydrogen (secondary N) is 1. The van der Waals surface area contributed by atoms with Crippen molar-refractivity contribution in [3.8, 4) is 0 Å². The number of aliphatic carboxylic acids is 1. The standard InChI is InChI=1S/C13H19NO2/c1-9(2)12(13(15)16)14-8-11-6-4-5-10(3)7-11/h4-7,9,12,14H,8H2,1-3H3,(H,15,16). The van der Waals surface area contributed by atoms with Crippen LogP contribution in [0.3, 0.4) is 0 Å². The summed E-state index contributed by atoms with van der Waals surface area (Å²) in [4.78, 5) is 11.0. The maximum atomic E-state index is 11.0. The molecule has 3 nitrogen and oxygen atoms in total. The van der Waals surface area contributed by atoms with E-state index in [1.165, 1.54) is 5.56 Å². The molecule has 0 aliphatic rings. The third-order valence-corrected chi connectivity index (χ3v) is 2.54. The lowest BCUT2D eigenvalue weighted by molar-refractivity contribution is -0.140. The Morgan fingerprint density at radius 2 is 2.12 bits per heavy atom. The Labute approximate surface area is 96.5 Å². The van der Waals surface area contributed by atoms with Gasteiger partial charge in [-0.05, 0) is 18.4 Å². The lowest BCUT2D eigenvalue weighted by Crippen LogP contribution is -2.40. The number of carboxylic acid groups (broad SMARTS) is 1. The van der Waals surface area contributed by atoms with Crippen LogP contribution in [0, 0.1) is 12.8 Å². The van der Waals surface area contributed by atoms with Crippen LogP contribution in [0.1, 0.15) is 25.0 Å². The van der Waals surface area contributed by atoms with Gasteiger partial charge in [-0.1, -0.05) is 43.7 Å². The third-order valence-electron chi connectivity index (χ3n) is 2.54. The van der Waals surface area contributed by atoms with Crippen LogP contribution in [-0.2, 0) is 11.3 Å². The van der Waals surface area contributed by atoms with Gasteiger partial charge in [0.2, 0.25) is 0 Å². The highest BCUT2D eigenvalue weighted by molar-refractivity contribution is 5.73. The van der Waals surface area contributed by atoms with Gasteiger partial charge in [-0.25, -0.2) is 0 Å². The fourth-order valence-corrected chi connectivity index (χ4v) is 1.66. The summed E-state index contributed by atoms with van der Waals surface area (Å²) in [6, 6.07) is 7.59. The molecule has 0 heterocycles. The number of rotatable bonds is 5. The molecule has 1 aromatic carbocycles. The van der Waals surface area contributed by atoms with Gasteiger partial charge >= 0.3 is 5.97 Å². The number of carboxylic acids is 1. The summed E-state index contributed by atoms with van der Waals surface area (Å²) in [5.41, 5.74) is 2.31. The SMILES string of the molecule is Cc1cccc(CNC(C(=O)O)C(C)C)c1. The van der Waals surface area contributed by atoms with Crippen molar-refractivity contribution in [3.63, 3.8) is 0 Å². The van der Waals surface area contributed by atoms with Crippen LogP contribution >= 0.6 is 0 Å². The largest absolute Gasteiger partial charge is 0.480 e. The van der Waals surface area contributed by atoms with Crippen molar-refractivity contribution in [1.82, 2.24) is 5.32 Å². The minimum Gasteiger partial charge on any atom is -0.480 e. The monoisotopic (exact) mass is 221 g/mol. The Kier molecular flexibility index (Phi) is 4.50. The topological polar surface area (TPSA) is 49.3 Å². The van der Waals surface area contributed by atoms with Gasteiger partial charge in [-0.15, -0.1) is 0 Å². The summed E-state index contributed by atoms with van der Waals surface area (Å²) in [7, 11) is 0. The van der Waals surface area contributed by atoms with E-state index in [0.717, 1.165) is 5.56 Å². The van der Waals surface area contributed by atoms with Gasteiger partial charge in [-0.2, -0.15) is 0 Å². The van der Waals surface area contributed by atoms with Crippen LogP contribution in [0.2, 0.25) is 0 Å². The van der Waals surface area contributed by atoms with Crippen LogP contribution in [0.4, 0.5) is 0 Å². The molecular weight excluding hydrogens is 202 g/mol. The van der Waals surface area contributed by atoms with E-state index in [1.807, 2.05) is 39.0 Å². The lowest BCUT2D eigenvalue weighted by atomic mass is 10.0. The number of benzene rings is 1. The van der Waals surface area contributed by atoms with E-state index in [-0.39, 0.29) is 5.92 Å². The molecule has 1 unspecified atom stereocenters. The van der Waals surface area contributed by atoms with Gasteiger partial charge in [0.25, 0.3) is 0 Å². The normalized spacial score (nSPS) is 12.8. The van der Waals surface area contributed by atoms with Crippen molar-refractivity contribution in [2.24, 2.45) is 5.92 Å². The van der Waals surface area contributed by atoms with E-state index in [0.29, 0.717) is 6.54 Å². The molecule has 0 saturated heterocycles. The predicted molar refractivity (Wildman–Crippen MR) is 64.3 cm³/mol. The van der Waals surface area contributed by atoms with Crippen molar-refractivity contribution in [3.05, 3.63) is 35.4 Å². The molecule has 1 rings (SSSR count). The van der Waals surface area contributed by atoms with Gasteiger partial charge in [-0.3, -0.25) is 4.79 Å². The highest BCUT2D eigenvalue weighted by Gasteiger charge is 2.20. The molecule has 0 amide bonds. The molecule has 3 heteroatoms. The Bertz CT molecular complexity index is 361. The first-order chi connectivity index (χ1) is 7.50. The molecule has 0 radical (unpaired) electrons. The second-order valence-electron chi connectivity index (χ2n) is 4.43. The molecule has 2 N–H and O–H groups in total. The number of aryl methyl sites for hydroxylation is 1. The van der Waals surface area contributed by atoms with E-state index in [9.17, 15) is 4.79 Å². The van der Waals surface area contributed by atoms with Crippen LogP contribution < -0.4 is 5.32 Å². The molecule has 0 spiro atoms. The second-order valence-corrected chi connectivity index (χ2v) is 4.43. The van der Waals surface area contributed by atoms with E-state index in [2.05, 4.69) is 11.4 Å². The first-order valence-corrected chi connectivity index (χ1v) is 5.52. The fourth-order valence-electron chi connectivity index (χ4n) is 1.66. The van der Waals surface area contributed by atoms with Gasteiger partial charge in [0.15, 0.2) is 0 Å². The van der Waals surface area contributed by atoms with Crippen molar-refractivity contribution in [2.45, 2.75) is 33.4 Å². The number of carbonyl (C=O) groups is 1. The molecule has 88 valence electrons. The van der Waals surface area contributed by atoms with E-state index in [1.54, 1.807) is 0 Å². The van der Waals surface area contributed by atoms with Gasteiger partial charge in [0, 0.05) is 6.54 Å². The lowest BCUT2D eigenvalue weighted by Gasteiger charge is -2.18. The molecule has 0 saturated carbocycles. The molecule has 1 atom stereocenters. The first-order valence-electron chi connectivity index (χ1n) is 5.52. The highest BCUT2D eigenvalue weighted by Crippen LogP contribution is 2.06. The Morgan fingerprint density at radius 1 is 1.44 bits per heavy atom. The molecule has 0 aromatic heterocycles. The van der Waals surface area contributed by atoms with Crippen LogP contribution in [0.15, 0.2) is 24.3 Å². The quantitative estimate of drug-likeness (QED) is 0.801. The minimum atomic E-state index is -0.789. The van der Waals surface area contributed by atoms with Crippen LogP contribution in [-0.4, -0.2) is 17.1 Å². The summed E-state index contributed by atoms with van der Waals surface area (Å²) in [5.74, 6) is -0.704. The predicted octanol–water partition coefficient (Wildman–Crippen LogP) is 2.19. The molecule has 0 bridgehead atoms. The third kappa shape index (κ3) is 3.66. The summed E-state index contributed by atoms with van der Waals surface area (Å²) in [5, 5.41) is 12.1. The molecule has 16 heavy (non-hydrogen) atoms. The zero-order valence-corrected chi connectivity index (χ0v) is 10.0. The maximum absolute atomic E-state index is 11.0. The van der Waals surface area contributed by atoms with Gasteiger partial charge < -0.3 is 10.4 Å². The minimum absolute atomic E-state index is 0.0855. The Balaban J connectivity index is 2.59. The summed E-state index contributed by atoms with van der Waals surface area (Å²) < 4.78 is 0. The average molecular weight is 221 g/mol. The summed E-state index contributed by atoms with van der Waals surface area (Å²) >= 11 is 0. The van der Waals surface area contributed by atoms with E-state index < -0.39 is 12.0 Å². The zero-order chi connectivity index (χ0) is 12.1. The number of hydrogen-bond acceptors (Lipinski definition) is 2. The van der Waals surface area contributed by atoms with Crippen LogP contribution in [0.25, 0.3) is 0 Å². The fraction of sp³-hybridized carbons (Fsp3) is 0.462. The van der Waals surface area contributed by atoms with Crippen LogP contribution in [0.5, 0.6) is 0 Å². The van der Waals surface area contributed by atoms with Crippen molar-refractivity contribution in [1.29, 1.82) is 0 Å². The average Bonchev–Trinajstić information content (AvgIpc) is 2.16. The van der Waals surface area contributed by atoms with E-state index >= 15 is 0 Å². The first kappa shape index (κ1) is 12.7. The van der Waals surface area contributed by atoms with E-state index in [4.69, 9.17) is 5.11 Å². The molecular formula is C13H19NO2. The Hall–Kier alpha value is -1.35. The van der Waals surface area contributed by atoms with Gasteiger partial charge in [0.1, 0.15) is 6.04 Å². The molecule has 0 aliphatic heterocycles. The Morgan fingerprint density at radius 3 is 2.62 bits per heavy atom. The van der Waals surface area contributed by atoms with Crippen molar-refractivity contribution < 1.29 is 9.90 Å². The number of hydrogen-bond donors (Lipinski definition) is 2. The van der Waals surface area contributed by atoms with Gasteiger partial charge in [0.05, 0.1) is 0 Å². The molecule has 1 aromatic rings. The van der Waals surface area contributed by atoms with Crippen molar-refractivity contribution in [2.75, 3.05) is 0 Å². The molecule has 0 fully saturated rings. The van der Waals surface area contributed by atoms with Crippen molar-refractivity contribution >= 4 is 5.97 Å². The maximum Gasteiger partial charge on any atom is 0.320 e. The summed E-state index contributed by atoms with van der Waals surface area (Å²) in [6.07, 6.45) is 0. The summed E-state index contributed by atoms with van der Waals surface area (Å²) in [6.45, 7) is 6.43.